The first-order chi connectivity index (χ1) is 17.7. The highest BCUT2D eigenvalue weighted by atomic mass is 19.4. The molecule has 4 heterocycles. The molecule has 0 aliphatic carbocycles. The van der Waals surface area contributed by atoms with Crippen LogP contribution in [0, 0.1) is 11.3 Å². The fraction of sp³-hybridized carbons (Fsp3) is 0.542. The number of rotatable bonds is 6. The van der Waals surface area contributed by atoms with Crippen LogP contribution in [0.25, 0.3) is 0 Å². The Balaban J connectivity index is 0.000000213. The molecular weight excluding hydrogens is 491 g/mol. The Morgan fingerprint density at radius 3 is 2.46 bits per heavy atom. The third-order valence-corrected chi connectivity index (χ3v) is 6.16. The van der Waals surface area contributed by atoms with Crippen molar-refractivity contribution in [3.63, 3.8) is 0 Å². The highest BCUT2D eigenvalue weighted by molar-refractivity contribution is 5.76. The Morgan fingerprint density at radius 1 is 1.19 bits per heavy atom. The lowest BCUT2D eigenvalue weighted by atomic mass is 10.0. The zero-order valence-electron chi connectivity index (χ0n) is 20.6. The molecule has 0 aromatic carbocycles. The summed E-state index contributed by atoms with van der Waals surface area (Å²) in [5, 5.41) is 17.0. The van der Waals surface area contributed by atoms with Crippen molar-refractivity contribution < 1.29 is 22.7 Å². The summed E-state index contributed by atoms with van der Waals surface area (Å²) in [7, 11) is 1.59. The van der Waals surface area contributed by atoms with Crippen LogP contribution in [0.4, 0.5) is 24.7 Å². The third-order valence-electron chi connectivity index (χ3n) is 6.16. The van der Waals surface area contributed by atoms with Gasteiger partial charge >= 0.3 is 6.18 Å². The molecule has 0 saturated carbocycles. The first kappa shape index (κ1) is 27.9. The first-order valence-electron chi connectivity index (χ1n) is 12.0. The number of aromatic nitrogens is 3. The van der Waals surface area contributed by atoms with E-state index in [-0.39, 0.29) is 17.6 Å². The molecule has 0 spiro atoms. The van der Waals surface area contributed by atoms with E-state index in [0.717, 1.165) is 50.8 Å². The van der Waals surface area contributed by atoms with Crippen LogP contribution in [0.3, 0.4) is 0 Å². The fourth-order valence-electron chi connectivity index (χ4n) is 4.25. The number of aromatic amines is 1. The van der Waals surface area contributed by atoms with Crippen LogP contribution >= 0.6 is 0 Å². The van der Waals surface area contributed by atoms with Crippen LogP contribution < -0.4 is 20.7 Å². The molecule has 37 heavy (non-hydrogen) atoms. The standard InChI is InChI=1S/C15H20N4O2.C9H10F3N3O/c1-21-9-6-15(20)18-13-4-7-19(8-5-13)14-3-2-12(10-16)11-17-14;10-9(11,12)7-6(5-13-14-8(7)16)15-3-1-2-4-15/h2-3,11,13H,4-9H2,1H3,(H,18,20);5H,1-4H2,(H,14,16). The fourth-order valence-corrected chi connectivity index (χ4v) is 4.25. The molecule has 0 radical (unpaired) electrons. The third kappa shape index (κ3) is 7.91. The molecule has 2 N–H and O–H groups in total. The number of anilines is 2. The molecule has 10 nitrogen and oxygen atoms in total. The van der Waals surface area contributed by atoms with E-state index in [9.17, 15) is 22.8 Å². The van der Waals surface area contributed by atoms with Gasteiger partial charge in [-0.1, -0.05) is 0 Å². The first-order valence-corrected chi connectivity index (χ1v) is 12.0. The van der Waals surface area contributed by atoms with Gasteiger partial charge in [0.15, 0.2) is 0 Å². The van der Waals surface area contributed by atoms with Gasteiger partial charge in [0.2, 0.25) is 5.91 Å². The molecule has 4 rings (SSSR count). The number of nitrogens with one attached hydrogen (secondary N) is 2. The summed E-state index contributed by atoms with van der Waals surface area (Å²) in [6.45, 7) is 3.24. The largest absolute Gasteiger partial charge is 0.423 e. The van der Waals surface area contributed by atoms with Gasteiger partial charge in [-0.3, -0.25) is 9.59 Å². The maximum Gasteiger partial charge on any atom is 0.423 e. The predicted molar refractivity (Wildman–Crippen MR) is 130 cm³/mol. The van der Waals surface area contributed by atoms with Gasteiger partial charge in [0.05, 0.1) is 24.1 Å². The summed E-state index contributed by atoms with van der Waals surface area (Å²) >= 11 is 0. The number of pyridine rings is 1. The number of amides is 1. The van der Waals surface area contributed by atoms with Crippen molar-refractivity contribution in [2.24, 2.45) is 0 Å². The van der Waals surface area contributed by atoms with Crippen molar-refractivity contribution in [3.05, 3.63) is 46.0 Å². The summed E-state index contributed by atoms with van der Waals surface area (Å²) in [6, 6.07) is 5.94. The molecule has 200 valence electrons. The van der Waals surface area contributed by atoms with Crippen LogP contribution in [0.2, 0.25) is 0 Å². The van der Waals surface area contributed by atoms with Crippen molar-refractivity contribution in [2.45, 2.75) is 44.3 Å². The molecule has 0 bridgehead atoms. The number of carbonyl (C=O) groups excluding carboxylic acids is 1. The van der Waals surface area contributed by atoms with Gasteiger partial charge in [-0.15, -0.1) is 0 Å². The van der Waals surface area contributed by atoms with E-state index in [0.29, 0.717) is 31.7 Å². The number of halogens is 3. The van der Waals surface area contributed by atoms with Gasteiger partial charge in [0, 0.05) is 51.9 Å². The molecule has 2 aromatic rings. The minimum Gasteiger partial charge on any atom is -0.384 e. The monoisotopic (exact) mass is 521 g/mol. The quantitative estimate of drug-likeness (QED) is 0.594. The zero-order valence-corrected chi connectivity index (χ0v) is 20.6. The molecule has 0 unspecified atom stereocenters. The molecular formula is C24H30F3N7O3. The Morgan fingerprint density at radius 2 is 1.89 bits per heavy atom. The number of nitrogens with zero attached hydrogens (tertiary/aromatic N) is 5. The normalized spacial score (nSPS) is 16.1. The minimum atomic E-state index is -4.64. The summed E-state index contributed by atoms with van der Waals surface area (Å²) in [6.07, 6.45) is 1.90. The van der Waals surface area contributed by atoms with Gasteiger partial charge in [-0.25, -0.2) is 10.1 Å². The Bertz CT molecular complexity index is 1120. The maximum atomic E-state index is 12.7. The summed E-state index contributed by atoms with van der Waals surface area (Å²) in [5.74, 6) is 0.935. The number of methoxy groups -OCH3 is 1. The van der Waals surface area contributed by atoms with E-state index in [1.54, 1.807) is 24.3 Å². The number of nitriles is 1. The molecule has 1 amide bonds. The van der Waals surface area contributed by atoms with Crippen LogP contribution in [0.15, 0.2) is 29.3 Å². The average molecular weight is 522 g/mol. The molecule has 2 aliphatic rings. The highest BCUT2D eigenvalue weighted by Crippen LogP contribution is 2.34. The van der Waals surface area contributed by atoms with E-state index in [4.69, 9.17) is 10.00 Å². The van der Waals surface area contributed by atoms with Gasteiger partial charge in [-0.2, -0.15) is 23.5 Å². The molecule has 0 atom stereocenters. The Kier molecular flexibility index (Phi) is 9.85. The van der Waals surface area contributed by atoms with Crippen LogP contribution in [-0.2, 0) is 15.7 Å². The molecule has 13 heteroatoms. The van der Waals surface area contributed by atoms with E-state index in [2.05, 4.69) is 26.4 Å². The lowest BCUT2D eigenvalue weighted by molar-refractivity contribution is -0.138. The van der Waals surface area contributed by atoms with Gasteiger partial charge in [0.25, 0.3) is 5.56 Å². The van der Waals surface area contributed by atoms with Gasteiger partial charge in [-0.05, 0) is 37.8 Å². The Hall–Kier alpha value is -3.66. The van der Waals surface area contributed by atoms with Gasteiger partial charge in [0.1, 0.15) is 17.5 Å². The molecule has 2 aliphatic heterocycles. The SMILES string of the molecule is COCCC(=O)NC1CCN(c2ccc(C#N)cn2)CC1.O=c1[nH]ncc(N2CCCC2)c1C(F)(F)F. The number of piperidine rings is 1. The number of H-pyrrole nitrogens is 1. The predicted octanol–water partition coefficient (Wildman–Crippen LogP) is 2.46. The van der Waals surface area contributed by atoms with Crippen LogP contribution in [-0.4, -0.2) is 67.0 Å². The Labute approximate surface area is 212 Å². The second-order valence-electron chi connectivity index (χ2n) is 8.74. The molecule has 2 saturated heterocycles. The topological polar surface area (TPSA) is 127 Å². The minimum absolute atomic E-state index is 0.0480. The van der Waals surface area contributed by atoms with Crippen molar-refractivity contribution in [1.82, 2.24) is 20.5 Å². The summed E-state index contributed by atoms with van der Waals surface area (Å²) in [4.78, 5) is 30.8. The molecule has 2 aromatic heterocycles. The van der Waals surface area contributed by atoms with Crippen molar-refractivity contribution in [3.8, 4) is 6.07 Å². The van der Waals surface area contributed by atoms with Crippen molar-refractivity contribution >= 4 is 17.4 Å². The number of alkyl halides is 3. The number of ether oxygens (including phenoxy) is 1. The smallest absolute Gasteiger partial charge is 0.384 e. The number of hydrogen-bond donors (Lipinski definition) is 2. The lowest BCUT2D eigenvalue weighted by Gasteiger charge is -2.33. The summed E-state index contributed by atoms with van der Waals surface area (Å²) < 4.78 is 43.0. The lowest BCUT2D eigenvalue weighted by Crippen LogP contribution is -2.45. The number of hydrogen-bond acceptors (Lipinski definition) is 8. The second kappa shape index (κ2) is 13.0. The van der Waals surface area contributed by atoms with E-state index in [1.807, 2.05) is 11.2 Å². The zero-order chi connectivity index (χ0) is 26.8. The van der Waals surface area contributed by atoms with Crippen LogP contribution in [0.1, 0.15) is 43.2 Å². The van der Waals surface area contributed by atoms with Gasteiger partial charge < -0.3 is 19.9 Å². The van der Waals surface area contributed by atoms with Crippen molar-refractivity contribution in [1.29, 1.82) is 5.26 Å². The van der Waals surface area contributed by atoms with E-state index < -0.39 is 17.3 Å². The van der Waals surface area contributed by atoms with E-state index >= 15 is 0 Å². The summed E-state index contributed by atoms with van der Waals surface area (Å²) in [5.41, 5.74) is -1.88. The highest BCUT2D eigenvalue weighted by Gasteiger charge is 2.39. The molecule has 2 fully saturated rings. The van der Waals surface area contributed by atoms with Crippen molar-refractivity contribution in [2.75, 3.05) is 49.7 Å². The average Bonchev–Trinajstić information content (AvgIpc) is 3.43. The second-order valence-corrected chi connectivity index (χ2v) is 8.74. The van der Waals surface area contributed by atoms with Crippen LogP contribution in [0.5, 0.6) is 0 Å². The number of carbonyl (C=O) groups is 1. The maximum absolute atomic E-state index is 12.7. The van der Waals surface area contributed by atoms with E-state index in [1.165, 1.54) is 0 Å².